The van der Waals surface area contributed by atoms with Gasteiger partial charge in [0.15, 0.2) is 0 Å². The minimum absolute atomic E-state index is 0.312. The van der Waals surface area contributed by atoms with Crippen LogP contribution in [-0.4, -0.2) is 13.2 Å². The number of hydrogen-bond acceptors (Lipinski definition) is 2. The van der Waals surface area contributed by atoms with Crippen LogP contribution in [0.4, 0.5) is 0 Å². The zero-order valence-electron chi connectivity index (χ0n) is 11.3. The fourth-order valence-electron chi connectivity index (χ4n) is 2.22. The van der Waals surface area contributed by atoms with E-state index in [0.29, 0.717) is 17.4 Å². The molecule has 17 heavy (non-hydrogen) atoms. The van der Waals surface area contributed by atoms with Gasteiger partial charge in [-0.2, -0.15) is 0 Å². The van der Waals surface area contributed by atoms with Gasteiger partial charge in [0, 0.05) is 24.1 Å². The molecule has 0 aliphatic carbocycles. The molecule has 1 aromatic carbocycles. The Labute approximate surface area is 104 Å². The third kappa shape index (κ3) is 3.01. The first-order valence-electron chi connectivity index (χ1n) is 6.42. The number of ether oxygens (including phenoxy) is 1. The first-order chi connectivity index (χ1) is 7.97. The smallest absolute Gasteiger partial charge is 0.124 e. The van der Waals surface area contributed by atoms with Gasteiger partial charge in [-0.1, -0.05) is 45.9 Å². The van der Waals surface area contributed by atoms with Crippen molar-refractivity contribution in [3.05, 3.63) is 29.8 Å². The predicted octanol–water partition coefficient (Wildman–Crippen LogP) is 3.39. The molecule has 1 aliphatic heterocycles. The summed E-state index contributed by atoms with van der Waals surface area (Å²) in [6.45, 7) is 10.9. The van der Waals surface area contributed by atoms with Crippen LogP contribution in [0.1, 0.15) is 39.3 Å². The molecular weight excluding hydrogens is 210 g/mol. The van der Waals surface area contributed by atoms with Crippen LogP contribution in [0.2, 0.25) is 0 Å². The van der Waals surface area contributed by atoms with Crippen LogP contribution in [0.5, 0.6) is 5.75 Å². The lowest BCUT2D eigenvalue weighted by Gasteiger charge is -2.34. The van der Waals surface area contributed by atoms with Gasteiger partial charge in [-0.3, -0.25) is 0 Å². The molecule has 0 amide bonds. The second-order valence-corrected chi connectivity index (χ2v) is 6.25. The topological polar surface area (TPSA) is 21.3 Å². The number of para-hydroxylation sites is 1. The molecule has 2 heteroatoms. The molecular formula is C15H23NO. The van der Waals surface area contributed by atoms with Gasteiger partial charge < -0.3 is 10.1 Å². The van der Waals surface area contributed by atoms with Crippen molar-refractivity contribution in [2.45, 2.75) is 33.7 Å². The molecule has 1 aromatic rings. The zero-order valence-corrected chi connectivity index (χ0v) is 11.3. The summed E-state index contributed by atoms with van der Waals surface area (Å²) < 4.78 is 5.76. The van der Waals surface area contributed by atoms with Crippen LogP contribution in [0.25, 0.3) is 0 Å². The quantitative estimate of drug-likeness (QED) is 0.845. The highest BCUT2D eigenvalue weighted by Crippen LogP contribution is 2.35. The number of rotatable bonds is 2. The van der Waals surface area contributed by atoms with E-state index >= 15 is 0 Å². The Morgan fingerprint density at radius 1 is 1.29 bits per heavy atom. The maximum Gasteiger partial charge on any atom is 0.124 e. The summed E-state index contributed by atoms with van der Waals surface area (Å²) in [5.41, 5.74) is 1.61. The summed E-state index contributed by atoms with van der Waals surface area (Å²) in [6, 6.07) is 8.78. The predicted molar refractivity (Wildman–Crippen MR) is 71.3 cm³/mol. The zero-order chi connectivity index (χ0) is 12.5. The second-order valence-electron chi connectivity index (χ2n) is 6.25. The molecule has 2 atom stereocenters. The maximum atomic E-state index is 5.76. The van der Waals surface area contributed by atoms with Gasteiger partial charge in [0.25, 0.3) is 0 Å². The van der Waals surface area contributed by atoms with Gasteiger partial charge >= 0.3 is 0 Å². The van der Waals surface area contributed by atoms with E-state index in [1.165, 1.54) is 5.56 Å². The number of benzene rings is 1. The van der Waals surface area contributed by atoms with Gasteiger partial charge in [-0.15, -0.1) is 0 Å². The molecule has 0 aromatic heterocycles. The normalized spacial score (nSPS) is 24.0. The van der Waals surface area contributed by atoms with Gasteiger partial charge in [-0.05, 0) is 11.5 Å². The van der Waals surface area contributed by atoms with Crippen LogP contribution in [0.15, 0.2) is 24.3 Å². The molecule has 0 fully saturated rings. The average molecular weight is 233 g/mol. The van der Waals surface area contributed by atoms with Crippen LogP contribution in [-0.2, 0) is 0 Å². The molecule has 0 spiro atoms. The second kappa shape index (κ2) is 4.69. The molecule has 1 heterocycles. The minimum atomic E-state index is 0.312. The van der Waals surface area contributed by atoms with E-state index in [9.17, 15) is 0 Å². The Bertz CT molecular complexity index is 381. The highest BCUT2D eigenvalue weighted by atomic mass is 16.5. The lowest BCUT2D eigenvalue weighted by atomic mass is 9.90. The van der Waals surface area contributed by atoms with Gasteiger partial charge in [-0.25, -0.2) is 0 Å². The Balaban J connectivity index is 2.15. The minimum Gasteiger partial charge on any atom is -0.493 e. The Morgan fingerprint density at radius 3 is 2.71 bits per heavy atom. The van der Waals surface area contributed by atoms with Gasteiger partial charge in [0.05, 0.1) is 6.61 Å². The molecule has 1 aliphatic rings. The van der Waals surface area contributed by atoms with Crippen molar-refractivity contribution in [3.63, 3.8) is 0 Å². The van der Waals surface area contributed by atoms with Crippen molar-refractivity contribution in [1.29, 1.82) is 0 Å². The molecule has 2 nitrogen and oxygen atoms in total. The van der Waals surface area contributed by atoms with E-state index in [2.05, 4.69) is 51.2 Å². The highest BCUT2D eigenvalue weighted by Gasteiger charge is 2.28. The lowest BCUT2D eigenvalue weighted by molar-refractivity contribution is 0.179. The SMILES string of the molecule is CC1COc2ccccc2C1NCC(C)(C)C. The van der Waals surface area contributed by atoms with E-state index in [-0.39, 0.29) is 0 Å². The number of hydrogen-bond donors (Lipinski definition) is 1. The largest absolute Gasteiger partial charge is 0.493 e. The Morgan fingerprint density at radius 2 is 2.00 bits per heavy atom. The average Bonchev–Trinajstić information content (AvgIpc) is 2.26. The molecule has 2 rings (SSSR count). The number of nitrogens with one attached hydrogen (secondary N) is 1. The van der Waals surface area contributed by atoms with Crippen molar-refractivity contribution in [2.75, 3.05) is 13.2 Å². The van der Waals surface area contributed by atoms with Crippen LogP contribution in [0, 0.1) is 11.3 Å². The summed E-state index contributed by atoms with van der Waals surface area (Å²) >= 11 is 0. The molecule has 0 radical (unpaired) electrons. The third-order valence-electron chi connectivity index (χ3n) is 3.18. The van der Waals surface area contributed by atoms with Crippen molar-refractivity contribution >= 4 is 0 Å². The van der Waals surface area contributed by atoms with E-state index in [4.69, 9.17) is 4.74 Å². The molecule has 0 saturated heterocycles. The molecule has 0 saturated carbocycles. The standard InChI is InChI=1S/C15H23NO/c1-11-9-17-13-8-6-5-7-12(13)14(11)16-10-15(2,3)4/h5-8,11,14,16H,9-10H2,1-4H3. The van der Waals surface area contributed by atoms with Crippen LogP contribution in [0.3, 0.4) is 0 Å². The highest BCUT2D eigenvalue weighted by molar-refractivity contribution is 5.37. The molecule has 2 unspecified atom stereocenters. The van der Waals surface area contributed by atoms with Crippen LogP contribution < -0.4 is 10.1 Å². The third-order valence-corrected chi connectivity index (χ3v) is 3.18. The van der Waals surface area contributed by atoms with Crippen LogP contribution >= 0.6 is 0 Å². The summed E-state index contributed by atoms with van der Waals surface area (Å²) in [5, 5.41) is 3.69. The Kier molecular flexibility index (Phi) is 3.43. The molecule has 1 N–H and O–H groups in total. The monoisotopic (exact) mass is 233 g/mol. The summed E-state index contributed by atoms with van der Waals surface area (Å²) in [5.74, 6) is 1.56. The fraction of sp³-hybridized carbons (Fsp3) is 0.600. The molecule has 94 valence electrons. The first-order valence-corrected chi connectivity index (χ1v) is 6.42. The van der Waals surface area contributed by atoms with E-state index in [1.807, 2.05) is 6.07 Å². The van der Waals surface area contributed by atoms with Crippen molar-refractivity contribution < 1.29 is 4.74 Å². The Hall–Kier alpha value is -1.02. The molecule has 0 bridgehead atoms. The van der Waals surface area contributed by atoms with Gasteiger partial charge in [0.2, 0.25) is 0 Å². The van der Waals surface area contributed by atoms with Gasteiger partial charge in [0.1, 0.15) is 5.75 Å². The lowest BCUT2D eigenvalue weighted by Crippen LogP contribution is -2.38. The van der Waals surface area contributed by atoms with E-state index in [0.717, 1.165) is 18.9 Å². The maximum absolute atomic E-state index is 5.76. The first kappa shape index (κ1) is 12.4. The van der Waals surface area contributed by atoms with E-state index < -0.39 is 0 Å². The summed E-state index contributed by atoms with van der Waals surface area (Å²) in [7, 11) is 0. The summed E-state index contributed by atoms with van der Waals surface area (Å²) in [6.07, 6.45) is 0. The number of fused-ring (bicyclic) bond motifs is 1. The van der Waals surface area contributed by atoms with Crippen molar-refractivity contribution in [2.24, 2.45) is 11.3 Å². The van der Waals surface area contributed by atoms with Crippen molar-refractivity contribution in [1.82, 2.24) is 5.32 Å². The summed E-state index contributed by atoms with van der Waals surface area (Å²) in [4.78, 5) is 0. The fourth-order valence-corrected chi connectivity index (χ4v) is 2.22. The van der Waals surface area contributed by atoms with E-state index in [1.54, 1.807) is 0 Å². The van der Waals surface area contributed by atoms with Crippen molar-refractivity contribution in [3.8, 4) is 5.75 Å².